The molecule has 0 amide bonds. The van der Waals surface area contributed by atoms with E-state index in [4.69, 9.17) is 18.9 Å². The molecule has 7 nitrogen and oxygen atoms in total. The van der Waals surface area contributed by atoms with Gasteiger partial charge in [-0.3, -0.25) is 0 Å². The second-order valence-electron chi connectivity index (χ2n) is 3.01. The van der Waals surface area contributed by atoms with Gasteiger partial charge in [0.25, 0.3) is 0 Å². The average Bonchev–Trinajstić information content (AvgIpc) is 2.57. The Hall–Kier alpha value is -1.50. The second-order valence-corrected chi connectivity index (χ2v) is 3.01. The molecule has 16 heavy (non-hydrogen) atoms. The lowest BCUT2D eigenvalue weighted by Crippen LogP contribution is -2.32. The van der Waals surface area contributed by atoms with Crippen molar-refractivity contribution in [2.24, 2.45) is 0 Å². The summed E-state index contributed by atoms with van der Waals surface area (Å²) in [4.78, 5) is 21.7. The van der Waals surface area contributed by atoms with Gasteiger partial charge < -0.3 is 23.7 Å². The maximum Gasteiger partial charge on any atom is 0.509 e. The van der Waals surface area contributed by atoms with Crippen LogP contribution in [0.4, 0.5) is 9.59 Å². The van der Waals surface area contributed by atoms with E-state index in [1.807, 2.05) is 0 Å². The number of methoxy groups -OCH3 is 1. The SMILES string of the molecule is CCOC(=O)OCC1OC(=O)OC1COC. The standard InChI is InChI=1S/C9H14O7/c1-3-13-8(10)14-5-7-6(4-12-2)15-9(11)16-7/h6-7H,3-5H2,1-2H3. The molecule has 1 rings (SSSR count). The topological polar surface area (TPSA) is 80.3 Å². The lowest BCUT2D eigenvalue weighted by molar-refractivity contribution is 0.00331. The third-order valence-corrected chi connectivity index (χ3v) is 1.87. The molecular formula is C9H14O7. The van der Waals surface area contributed by atoms with E-state index < -0.39 is 24.5 Å². The second kappa shape index (κ2) is 6.16. The minimum absolute atomic E-state index is 0.112. The van der Waals surface area contributed by atoms with Crippen molar-refractivity contribution in [3.05, 3.63) is 0 Å². The van der Waals surface area contributed by atoms with E-state index in [1.165, 1.54) is 7.11 Å². The molecule has 0 aromatic rings. The lowest BCUT2D eigenvalue weighted by Gasteiger charge is -2.14. The minimum atomic E-state index is -0.804. The van der Waals surface area contributed by atoms with Crippen LogP contribution in [0.2, 0.25) is 0 Å². The number of hydrogen-bond acceptors (Lipinski definition) is 7. The summed E-state index contributed by atoms with van der Waals surface area (Å²) in [5.74, 6) is 0. The molecule has 0 saturated carbocycles. The Bertz CT molecular complexity index is 252. The van der Waals surface area contributed by atoms with E-state index in [0.29, 0.717) is 0 Å². The monoisotopic (exact) mass is 234 g/mol. The van der Waals surface area contributed by atoms with Crippen molar-refractivity contribution in [3.8, 4) is 0 Å². The Morgan fingerprint density at radius 3 is 2.44 bits per heavy atom. The van der Waals surface area contributed by atoms with Gasteiger partial charge in [-0.2, -0.15) is 0 Å². The highest BCUT2D eigenvalue weighted by Gasteiger charge is 2.37. The fourth-order valence-electron chi connectivity index (χ4n) is 1.18. The summed E-state index contributed by atoms with van der Waals surface area (Å²) in [5, 5.41) is 0. The maximum atomic E-state index is 10.9. The molecule has 1 aliphatic rings. The van der Waals surface area contributed by atoms with E-state index in [9.17, 15) is 9.59 Å². The molecule has 0 bridgehead atoms. The predicted molar refractivity (Wildman–Crippen MR) is 50.0 cm³/mol. The molecule has 0 radical (unpaired) electrons. The van der Waals surface area contributed by atoms with Crippen molar-refractivity contribution in [1.82, 2.24) is 0 Å². The van der Waals surface area contributed by atoms with Gasteiger partial charge in [0.1, 0.15) is 6.61 Å². The summed E-state index contributed by atoms with van der Waals surface area (Å²) in [6, 6.07) is 0. The lowest BCUT2D eigenvalue weighted by atomic mass is 10.2. The van der Waals surface area contributed by atoms with E-state index in [1.54, 1.807) is 6.92 Å². The molecule has 7 heteroatoms. The van der Waals surface area contributed by atoms with Gasteiger partial charge in [-0.25, -0.2) is 9.59 Å². The van der Waals surface area contributed by atoms with Crippen molar-refractivity contribution in [3.63, 3.8) is 0 Å². The highest BCUT2D eigenvalue weighted by atomic mass is 16.8. The van der Waals surface area contributed by atoms with Crippen LogP contribution in [0.1, 0.15) is 6.92 Å². The summed E-state index contributed by atoms with van der Waals surface area (Å²) in [6.07, 6.45) is -2.81. The maximum absolute atomic E-state index is 10.9. The zero-order chi connectivity index (χ0) is 12.0. The van der Waals surface area contributed by atoms with Crippen LogP contribution in [0.15, 0.2) is 0 Å². The van der Waals surface area contributed by atoms with Gasteiger partial charge in [0, 0.05) is 7.11 Å². The van der Waals surface area contributed by atoms with Crippen molar-refractivity contribution >= 4 is 12.3 Å². The van der Waals surface area contributed by atoms with Crippen LogP contribution in [0, 0.1) is 0 Å². The van der Waals surface area contributed by atoms with Crippen molar-refractivity contribution in [2.75, 3.05) is 26.9 Å². The molecule has 1 fully saturated rings. The van der Waals surface area contributed by atoms with Gasteiger partial charge in [-0.05, 0) is 6.92 Å². The molecule has 1 saturated heterocycles. The van der Waals surface area contributed by atoms with Crippen LogP contribution in [0.3, 0.4) is 0 Å². The van der Waals surface area contributed by atoms with Crippen molar-refractivity contribution in [2.45, 2.75) is 19.1 Å². The molecule has 0 spiro atoms. The van der Waals surface area contributed by atoms with Crippen LogP contribution < -0.4 is 0 Å². The number of rotatable bonds is 5. The summed E-state index contributed by atoms with van der Waals surface area (Å²) in [5.41, 5.74) is 0. The average molecular weight is 234 g/mol. The highest BCUT2D eigenvalue weighted by Crippen LogP contribution is 2.16. The Morgan fingerprint density at radius 2 is 1.88 bits per heavy atom. The predicted octanol–water partition coefficient (Wildman–Crippen LogP) is 0.710. The summed E-state index contributed by atoms with van der Waals surface area (Å²) in [7, 11) is 1.47. The van der Waals surface area contributed by atoms with Crippen LogP contribution in [0.25, 0.3) is 0 Å². The smallest absolute Gasteiger partial charge is 0.435 e. The number of cyclic esters (lactones) is 2. The molecule has 2 atom stereocenters. The third-order valence-electron chi connectivity index (χ3n) is 1.87. The van der Waals surface area contributed by atoms with Crippen LogP contribution in [-0.2, 0) is 23.7 Å². The first-order valence-electron chi connectivity index (χ1n) is 4.83. The number of ether oxygens (including phenoxy) is 5. The summed E-state index contributed by atoms with van der Waals surface area (Å²) >= 11 is 0. The highest BCUT2D eigenvalue weighted by molar-refractivity contribution is 5.63. The number of hydrogen-bond donors (Lipinski definition) is 0. The minimum Gasteiger partial charge on any atom is -0.435 e. The van der Waals surface area contributed by atoms with Gasteiger partial charge in [-0.15, -0.1) is 0 Å². The third kappa shape index (κ3) is 3.58. The van der Waals surface area contributed by atoms with Gasteiger partial charge >= 0.3 is 12.3 Å². The molecule has 2 unspecified atom stereocenters. The largest absolute Gasteiger partial charge is 0.509 e. The van der Waals surface area contributed by atoms with E-state index in [2.05, 4.69) is 4.74 Å². The molecule has 92 valence electrons. The zero-order valence-electron chi connectivity index (χ0n) is 9.13. The number of carbonyl (C=O) groups is 2. The van der Waals surface area contributed by atoms with Gasteiger partial charge in [0.05, 0.1) is 13.2 Å². The first-order chi connectivity index (χ1) is 7.67. The molecule has 0 aliphatic carbocycles. The molecule has 1 heterocycles. The van der Waals surface area contributed by atoms with Gasteiger partial charge in [-0.1, -0.05) is 0 Å². The molecular weight excluding hydrogens is 220 g/mol. The Morgan fingerprint density at radius 1 is 1.25 bits per heavy atom. The van der Waals surface area contributed by atoms with Crippen LogP contribution in [0.5, 0.6) is 0 Å². The Labute approximate surface area is 92.5 Å². The van der Waals surface area contributed by atoms with Gasteiger partial charge in [0.15, 0.2) is 12.2 Å². The van der Waals surface area contributed by atoms with Crippen LogP contribution >= 0.6 is 0 Å². The fraction of sp³-hybridized carbons (Fsp3) is 0.778. The zero-order valence-corrected chi connectivity index (χ0v) is 9.13. The van der Waals surface area contributed by atoms with Crippen molar-refractivity contribution < 1.29 is 33.3 Å². The van der Waals surface area contributed by atoms with E-state index >= 15 is 0 Å². The molecule has 0 aromatic carbocycles. The fourth-order valence-corrected chi connectivity index (χ4v) is 1.18. The quantitative estimate of drug-likeness (QED) is 0.648. The Kier molecular flexibility index (Phi) is 4.84. The Balaban J connectivity index is 2.34. The van der Waals surface area contributed by atoms with Crippen LogP contribution in [-0.4, -0.2) is 51.4 Å². The van der Waals surface area contributed by atoms with Gasteiger partial charge in [0.2, 0.25) is 0 Å². The first kappa shape index (κ1) is 12.6. The summed E-state index contributed by atoms with van der Waals surface area (Å²) < 4.78 is 23.7. The summed E-state index contributed by atoms with van der Waals surface area (Å²) in [6.45, 7) is 1.95. The first-order valence-corrected chi connectivity index (χ1v) is 4.83. The van der Waals surface area contributed by atoms with Crippen molar-refractivity contribution in [1.29, 1.82) is 0 Å². The number of carbonyl (C=O) groups excluding carboxylic acids is 2. The van der Waals surface area contributed by atoms with E-state index in [-0.39, 0.29) is 19.8 Å². The normalized spacial score (nSPS) is 23.5. The molecule has 0 aromatic heterocycles. The molecule has 1 aliphatic heterocycles. The van der Waals surface area contributed by atoms with E-state index in [0.717, 1.165) is 0 Å². The molecule has 0 N–H and O–H groups in total.